The molecule has 4 aromatic rings. The SMILES string of the molecule is COc1ccc(Cn2c(-c3ccccc3C=O)cc(-c3ccc(C)cc3)[n+]2[O-])cc1. The summed E-state index contributed by atoms with van der Waals surface area (Å²) < 4.78 is 6.88. The van der Waals surface area contributed by atoms with Crippen molar-refractivity contribution in [2.24, 2.45) is 0 Å². The molecule has 4 rings (SSSR count). The van der Waals surface area contributed by atoms with E-state index in [1.165, 1.54) is 0 Å². The van der Waals surface area contributed by atoms with Crippen molar-refractivity contribution in [1.82, 2.24) is 4.68 Å². The Morgan fingerprint density at radius 2 is 1.70 bits per heavy atom. The number of nitrogens with zero attached hydrogens (tertiary/aromatic N) is 2. The molecule has 30 heavy (non-hydrogen) atoms. The highest BCUT2D eigenvalue weighted by Gasteiger charge is 2.23. The maximum atomic E-state index is 13.3. The number of hydrogen-bond acceptors (Lipinski definition) is 3. The fourth-order valence-electron chi connectivity index (χ4n) is 3.51. The van der Waals surface area contributed by atoms with E-state index in [9.17, 15) is 10.0 Å². The maximum absolute atomic E-state index is 13.3. The molecule has 0 N–H and O–H groups in total. The fraction of sp³-hybridized carbons (Fsp3) is 0.120. The second-order valence-electron chi connectivity index (χ2n) is 7.16. The van der Waals surface area contributed by atoms with Crippen molar-refractivity contribution < 1.29 is 14.4 Å². The summed E-state index contributed by atoms with van der Waals surface area (Å²) in [6, 6.07) is 24.6. The summed E-state index contributed by atoms with van der Waals surface area (Å²) in [6.45, 7) is 2.37. The van der Waals surface area contributed by atoms with Crippen molar-refractivity contribution in [2.75, 3.05) is 7.11 Å². The van der Waals surface area contributed by atoms with Gasteiger partial charge < -0.3 is 9.94 Å². The maximum Gasteiger partial charge on any atom is 0.252 e. The highest BCUT2D eigenvalue weighted by Crippen LogP contribution is 2.28. The van der Waals surface area contributed by atoms with Crippen LogP contribution >= 0.6 is 0 Å². The molecule has 0 aliphatic carbocycles. The topological polar surface area (TPSA) is 58.2 Å². The van der Waals surface area contributed by atoms with Gasteiger partial charge in [0.15, 0.2) is 6.29 Å². The van der Waals surface area contributed by atoms with E-state index in [0.29, 0.717) is 23.5 Å². The molecule has 0 saturated heterocycles. The van der Waals surface area contributed by atoms with Crippen molar-refractivity contribution in [3.8, 4) is 28.3 Å². The Bertz CT molecular complexity index is 1180. The molecule has 5 heteroatoms. The van der Waals surface area contributed by atoms with E-state index in [1.807, 2.05) is 79.7 Å². The molecule has 0 spiro atoms. The Morgan fingerprint density at radius 1 is 1.00 bits per heavy atom. The van der Waals surface area contributed by atoms with Crippen molar-refractivity contribution >= 4 is 6.29 Å². The minimum atomic E-state index is 0.363. The van der Waals surface area contributed by atoms with Crippen molar-refractivity contribution in [2.45, 2.75) is 13.5 Å². The largest absolute Gasteiger partial charge is 0.595 e. The predicted molar refractivity (Wildman–Crippen MR) is 116 cm³/mol. The van der Waals surface area contributed by atoms with Crippen LogP contribution in [0.2, 0.25) is 0 Å². The number of aromatic nitrogens is 2. The molecule has 3 aromatic carbocycles. The number of carbonyl (C=O) groups excluding carboxylic acids is 1. The van der Waals surface area contributed by atoms with Crippen LogP contribution in [0, 0.1) is 12.1 Å². The summed E-state index contributed by atoms with van der Waals surface area (Å²) in [5.41, 5.74) is 5.41. The van der Waals surface area contributed by atoms with Gasteiger partial charge in [0.1, 0.15) is 18.0 Å². The van der Waals surface area contributed by atoms with Crippen LogP contribution in [0.25, 0.3) is 22.5 Å². The standard InChI is InChI=1S/C25H22N2O3/c1-18-7-11-20(12-8-18)24-15-25(23-6-4-3-5-21(23)17-28)26(27(24)29)16-19-9-13-22(30-2)14-10-19/h3-15,17H,16H2,1-2H3. The zero-order valence-corrected chi connectivity index (χ0v) is 16.9. The smallest absolute Gasteiger partial charge is 0.252 e. The lowest BCUT2D eigenvalue weighted by molar-refractivity contribution is -0.682. The molecule has 0 aliphatic rings. The van der Waals surface area contributed by atoms with Gasteiger partial charge in [-0.2, -0.15) is 0 Å². The Hall–Kier alpha value is -3.86. The average Bonchev–Trinajstić information content (AvgIpc) is 3.10. The quantitative estimate of drug-likeness (QED) is 0.270. The van der Waals surface area contributed by atoms with E-state index in [2.05, 4.69) is 0 Å². The Morgan fingerprint density at radius 3 is 2.37 bits per heavy atom. The normalized spacial score (nSPS) is 10.7. The van der Waals surface area contributed by atoms with Gasteiger partial charge in [0, 0.05) is 17.2 Å². The zero-order valence-electron chi connectivity index (χ0n) is 16.9. The van der Waals surface area contributed by atoms with Crippen LogP contribution in [-0.2, 0) is 6.54 Å². The number of aryl methyl sites for hydroxylation is 1. The number of ether oxygens (including phenoxy) is 1. The summed E-state index contributed by atoms with van der Waals surface area (Å²) >= 11 is 0. The van der Waals surface area contributed by atoms with Gasteiger partial charge in [0.2, 0.25) is 0 Å². The lowest BCUT2D eigenvalue weighted by Gasteiger charge is -2.10. The number of methoxy groups -OCH3 is 1. The first-order valence-corrected chi connectivity index (χ1v) is 9.68. The van der Waals surface area contributed by atoms with Gasteiger partial charge >= 0.3 is 0 Å². The van der Waals surface area contributed by atoms with E-state index in [-0.39, 0.29) is 0 Å². The fourth-order valence-corrected chi connectivity index (χ4v) is 3.51. The third-order valence-corrected chi connectivity index (χ3v) is 5.18. The van der Waals surface area contributed by atoms with Gasteiger partial charge in [0.05, 0.1) is 12.7 Å². The van der Waals surface area contributed by atoms with Gasteiger partial charge in [-0.05, 0) is 36.8 Å². The molecule has 0 atom stereocenters. The van der Waals surface area contributed by atoms with Crippen LogP contribution in [-0.4, -0.2) is 18.1 Å². The van der Waals surface area contributed by atoms with Crippen LogP contribution in [0.15, 0.2) is 78.9 Å². The molecule has 0 radical (unpaired) electrons. The second kappa shape index (κ2) is 8.25. The van der Waals surface area contributed by atoms with Crippen LogP contribution < -0.4 is 9.58 Å². The molecule has 0 unspecified atom stereocenters. The van der Waals surface area contributed by atoms with E-state index in [4.69, 9.17) is 4.74 Å². The van der Waals surface area contributed by atoms with Crippen LogP contribution in [0.4, 0.5) is 0 Å². The van der Waals surface area contributed by atoms with E-state index >= 15 is 0 Å². The molecule has 0 bridgehead atoms. The molecular weight excluding hydrogens is 376 g/mol. The summed E-state index contributed by atoms with van der Waals surface area (Å²) in [5, 5.41) is 13.3. The predicted octanol–water partition coefficient (Wildman–Crippen LogP) is 4.63. The molecule has 1 aromatic heterocycles. The average molecular weight is 398 g/mol. The van der Waals surface area contributed by atoms with Crippen LogP contribution in [0.5, 0.6) is 5.75 Å². The molecule has 5 nitrogen and oxygen atoms in total. The third kappa shape index (κ3) is 3.70. The number of benzene rings is 3. The summed E-state index contributed by atoms with van der Waals surface area (Å²) in [7, 11) is 1.62. The summed E-state index contributed by atoms with van der Waals surface area (Å²) in [6.07, 6.45) is 0.820. The Labute approximate surface area is 175 Å². The molecule has 0 aliphatic heterocycles. The third-order valence-electron chi connectivity index (χ3n) is 5.18. The van der Waals surface area contributed by atoms with E-state index in [0.717, 1.165) is 39.1 Å². The highest BCUT2D eigenvalue weighted by molar-refractivity contribution is 5.87. The van der Waals surface area contributed by atoms with E-state index < -0.39 is 0 Å². The number of hydrogen-bond donors (Lipinski definition) is 0. The van der Waals surface area contributed by atoms with Gasteiger partial charge in [-0.25, -0.2) is 0 Å². The van der Waals surface area contributed by atoms with Crippen molar-refractivity contribution in [3.63, 3.8) is 0 Å². The highest BCUT2D eigenvalue weighted by atomic mass is 16.5. The van der Waals surface area contributed by atoms with Gasteiger partial charge in [-0.1, -0.05) is 58.9 Å². The number of carbonyl (C=O) groups is 1. The van der Waals surface area contributed by atoms with Gasteiger partial charge in [0.25, 0.3) is 5.69 Å². The summed E-state index contributed by atoms with van der Waals surface area (Å²) in [4.78, 5) is 12.5. The molecule has 150 valence electrons. The minimum Gasteiger partial charge on any atom is -0.595 e. The Balaban J connectivity index is 1.87. The van der Waals surface area contributed by atoms with Crippen molar-refractivity contribution in [1.29, 1.82) is 0 Å². The second-order valence-corrected chi connectivity index (χ2v) is 7.16. The molecule has 0 fully saturated rings. The molecule has 0 amide bonds. The Kier molecular flexibility index (Phi) is 5.35. The van der Waals surface area contributed by atoms with Crippen LogP contribution in [0.3, 0.4) is 0 Å². The van der Waals surface area contributed by atoms with Crippen LogP contribution in [0.1, 0.15) is 21.5 Å². The minimum absolute atomic E-state index is 0.363. The lowest BCUT2D eigenvalue weighted by Crippen LogP contribution is -2.39. The van der Waals surface area contributed by atoms with Gasteiger partial charge in [-0.15, -0.1) is 4.68 Å². The first-order valence-electron chi connectivity index (χ1n) is 9.68. The van der Waals surface area contributed by atoms with Crippen molar-refractivity contribution in [3.05, 3.63) is 101 Å². The molecule has 1 heterocycles. The first-order chi connectivity index (χ1) is 14.6. The summed E-state index contributed by atoms with van der Waals surface area (Å²) in [5.74, 6) is 0.758. The first kappa shape index (κ1) is 19.5. The number of rotatable bonds is 6. The van der Waals surface area contributed by atoms with E-state index in [1.54, 1.807) is 17.9 Å². The molecular formula is C25H22N2O3. The zero-order chi connectivity index (χ0) is 21.1. The van der Waals surface area contributed by atoms with Gasteiger partial charge in [-0.3, -0.25) is 4.79 Å². The molecule has 0 saturated carbocycles. The number of aldehydes is 1. The monoisotopic (exact) mass is 398 g/mol. The lowest BCUT2D eigenvalue weighted by atomic mass is 10.0.